The number of amides is 2. The van der Waals surface area contributed by atoms with E-state index in [0.29, 0.717) is 22.6 Å². The maximum atomic E-state index is 14.2. The minimum atomic E-state index is -0.298. The van der Waals surface area contributed by atoms with Crippen LogP contribution in [0.25, 0.3) is 43.6 Å². The van der Waals surface area contributed by atoms with Crippen LogP contribution in [0.2, 0.25) is 0 Å². The summed E-state index contributed by atoms with van der Waals surface area (Å²) < 4.78 is 11.0. The molecule has 40 heavy (non-hydrogen) atoms. The van der Waals surface area contributed by atoms with Crippen LogP contribution in [0.5, 0.6) is 11.5 Å². The minimum Gasteiger partial charge on any atom is -0.497 e. The number of nitrogens with zero attached hydrogens (tertiary/aromatic N) is 1. The quantitative estimate of drug-likeness (QED) is 0.238. The number of fused-ring (bicyclic) bond motifs is 10. The number of carbonyl (C=O) groups excluding carboxylic acids is 2. The fraction of sp³-hybridized carbons (Fsp3) is 0.212. The van der Waals surface area contributed by atoms with Gasteiger partial charge in [-0.05, 0) is 52.9 Å². The molecular formula is C33H29N3O4. The first-order valence-electron chi connectivity index (χ1n) is 13.3. The third kappa shape index (κ3) is 3.37. The average molecular weight is 532 g/mol. The van der Waals surface area contributed by atoms with E-state index < -0.39 is 0 Å². The Hall–Kier alpha value is -4.78. The number of carbonyl (C=O) groups is 2. The molecule has 0 unspecified atom stereocenters. The van der Waals surface area contributed by atoms with Gasteiger partial charge < -0.3 is 19.4 Å². The zero-order valence-corrected chi connectivity index (χ0v) is 23.1. The zero-order chi connectivity index (χ0) is 27.9. The Morgan fingerprint density at radius 3 is 1.60 bits per heavy atom. The van der Waals surface area contributed by atoms with Crippen LogP contribution in [0.1, 0.15) is 52.6 Å². The average Bonchev–Trinajstić information content (AvgIpc) is 3.58. The Morgan fingerprint density at radius 1 is 0.700 bits per heavy atom. The summed E-state index contributed by atoms with van der Waals surface area (Å²) >= 11 is 0. The van der Waals surface area contributed by atoms with E-state index in [1.165, 1.54) is 10.5 Å². The molecule has 0 saturated heterocycles. The van der Waals surface area contributed by atoms with Gasteiger partial charge in [0.1, 0.15) is 11.5 Å². The normalized spacial score (nSPS) is 13.8. The number of hydrogen-bond donors (Lipinski definition) is 2. The lowest BCUT2D eigenvalue weighted by Gasteiger charge is -2.20. The lowest BCUT2D eigenvalue weighted by Crippen LogP contribution is -2.29. The molecule has 2 N–H and O–H groups in total. The van der Waals surface area contributed by atoms with Gasteiger partial charge in [-0.15, -0.1) is 0 Å². The molecule has 3 heterocycles. The Bertz CT molecular complexity index is 1910. The molecule has 0 saturated carbocycles. The van der Waals surface area contributed by atoms with Crippen molar-refractivity contribution in [3.8, 4) is 11.5 Å². The summed E-state index contributed by atoms with van der Waals surface area (Å²) in [5, 5.41) is 3.11. The van der Waals surface area contributed by atoms with Gasteiger partial charge in [-0.25, -0.2) is 0 Å². The molecule has 7 nitrogen and oxygen atoms in total. The van der Waals surface area contributed by atoms with Gasteiger partial charge in [-0.3, -0.25) is 14.5 Å². The van der Waals surface area contributed by atoms with E-state index >= 15 is 0 Å². The van der Waals surface area contributed by atoms with Crippen molar-refractivity contribution in [2.24, 2.45) is 0 Å². The molecule has 2 amide bonds. The first-order valence-corrected chi connectivity index (χ1v) is 13.3. The predicted molar refractivity (Wildman–Crippen MR) is 158 cm³/mol. The number of ether oxygens (including phenoxy) is 2. The maximum Gasteiger partial charge on any atom is 0.262 e. The molecule has 0 fully saturated rings. The van der Waals surface area contributed by atoms with E-state index in [1.54, 1.807) is 14.2 Å². The molecule has 0 atom stereocenters. The van der Waals surface area contributed by atoms with Crippen LogP contribution in [0.3, 0.4) is 0 Å². The first-order chi connectivity index (χ1) is 19.2. The van der Waals surface area contributed by atoms with Crippen LogP contribution in [0, 0.1) is 0 Å². The van der Waals surface area contributed by atoms with Crippen molar-refractivity contribution in [3.63, 3.8) is 0 Å². The largest absolute Gasteiger partial charge is 0.497 e. The van der Waals surface area contributed by atoms with Crippen molar-refractivity contribution >= 4 is 55.4 Å². The highest BCUT2D eigenvalue weighted by Crippen LogP contribution is 2.45. The molecule has 200 valence electrons. The van der Waals surface area contributed by atoms with Gasteiger partial charge in [0.05, 0.1) is 42.9 Å². The summed E-state index contributed by atoms with van der Waals surface area (Å²) in [6, 6.07) is 19.6. The molecule has 7 heteroatoms. The number of methoxy groups -OCH3 is 2. The van der Waals surface area contributed by atoms with Gasteiger partial charge in [0.25, 0.3) is 11.8 Å². The summed E-state index contributed by atoms with van der Waals surface area (Å²) in [4.78, 5) is 36.8. The topological polar surface area (TPSA) is 87.4 Å². The number of aromatic nitrogens is 2. The Morgan fingerprint density at radius 2 is 1.18 bits per heavy atom. The van der Waals surface area contributed by atoms with Crippen molar-refractivity contribution in [2.75, 3.05) is 14.2 Å². The number of aromatic amines is 2. The molecule has 0 bridgehead atoms. The number of rotatable bonds is 4. The zero-order valence-electron chi connectivity index (χ0n) is 23.1. The number of hydrogen-bond acceptors (Lipinski definition) is 4. The third-order valence-corrected chi connectivity index (χ3v) is 8.09. The molecule has 1 aliphatic rings. The van der Waals surface area contributed by atoms with Gasteiger partial charge >= 0.3 is 0 Å². The third-order valence-electron chi connectivity index (χ3n) is 8.09. The predicted octanol–water partition coefficient (Wildman–Crippen LogP) is 7.07. The molecule has 6 aromatic rings. The van der Waals surface area contributed by atoms with Gasteiger partial charge in [0.15, 0.2) is 0 Å². The SMILES string of the molecule is COc1ccc2[nH]c3c4[nH]c5ccc(OC)cc5c4c4c(c3c2c1)C(=O)N(Cc1ccc(C(C)(C)C)cc1)C4=O. The summed E-state index contributed by atoms with van der Waals surface area (Å²) in [5.41, 5.74) is 6.23. The molecule has 2 aromatic heterocycles. The van der Waals surface area contributed by atoms with Crippen LogP contribution in [0.4, 0.5) is 0 Å². The van der Waals surface area contributed by atoms with E-state index in [9.17, 15) is 9.59 Å². The van der Waals surface area contributed by atoms with E-state index in [2.05, 4.69) is 42.9 Å². The number of imide groups is 1. The summed E-state index contributed by atoms with van der Waals surface area (Å²) in [6.45, 7) is 6.68. The van der Waals surface area contributed by atoms with Crippen molar-refractivity contribution in [1.29, 1.82) is 0 Å². The molecule has 4 aromatic carbocycles. The summed E-state index contributed by atoms with van der Waals surface area (Å²) in [6.07, 6.45) is 0. The molecule has 1 aliphatic heterocycles. The molecule has 0 aliphatic carbocycles. The highest BCUT2D eigenvalue weighted by molar-refractivity contribution is 6.39. The van der Waals surface area contributed by atoms with Gasteiger partial charge in [-0.1, -0.05) is 45.0 Å². The fourth-order valence-corrected chi connectivity index (χ4v) is 5.97. The Kier molecular flexibility index (Phi) is 5.07. The van der Waals surface area contributed by atoms with E-state index in [-0.39, 0.29) is 23.8 Å². The smallest absolute Gasteiger partial charge is 0.262 e. The van der Waals surface area contributed by atoms with Gasteiger partial charge in [-0.2, -0.15) is 0 Å². The number of nitrogens with one attached hydrogen (secondary N) is 2. The van der Waals surface area contributed by atoms with Crippen LogP contribution in [0.15, 0.2) is 60.7 Å². The van der Waals surface area contributed by atoms with E-state index in [1.807, 2.05) is 48.5 Å². The highest BCUT2D eigenvalue weighted by atomic mass is 16.5. The van der Waals surface area contributed by atoms with Crippen LogP contribution in [-0.2, 0) is 12.0 Å². The van der Waals surface area contributed by atoms with Crippen molar-refractivity contribution < 1.29 is 19.1 Å². The van der Waals surface area contributed by atoms with Crippen LogP contribution >= 0.6 is 0 Å². The Balaban J connectivity index is 1.50. The maximum absolute atomic E-state index is 14.2. The van der Waals surface area contributed by atoms with E-state index in [4.69, 9.17) is 9.47 Å². The lowest BCUT2D eigenvalue weighted by atomic mass is 9.87. The van der Waals surface area contributed by atoms with Gasteiger partial charge in [0.2, 0.25) is 0 Å². The van der Waals surface area contributed by atoms with Gasteiger partial charge in [0, 0.05) is 32.6 Å². The standard InChI is InChI=1S/C33H29N3O4/c1-33(2,3)18-8-6-17(7-9-18)16-36-31(37)27-25-21-14-19(39-4)10-12-23(21)34-29(25)30-26(28(27)32(36)38)22-15-20(40-5)11-13-24(22)35-30/h6-15,34-35H,16H2,1-5H3. The van der Waals surface area contributed by atoms with Crippen molar-refractivity contribution in [1.82, 2.24) is 14.9 Å². The number of H-pyrrole nitrogens is 2. The highest BCUT2D eigenvalue weighted by Gasteiger charge is 2.41. The van der Waals surface area contributed by atoms with Crippen molar-refractivity contribution in [3.05, 3.63) is 82.9 Å². The fourth-order valence-electron chi connectivity index (χ4n) is 5.97. The molecule has 0 radical (unpaired) electrons. The van der Waals surface area contributed by atoms with Crippen LogP contribution < -0.4 is 9.47 Å². The second kappa shape index (κ2) is 8.36. The minimum absolute atomic E-state index is 0.0120. The first kappa shape index (κ1) is 24.3. The lowest BCUT2D eigenvalue weighted by molar-refractivity contribution is 0.0643. The van der Waals surface area contributed by atoms with Crippen LogP contribution in [-0.4, -0.2) is 40.9 Å². The van der Waals surface area contributed by atoms with Crippen molar-refractivity contribution in [2.45, 2.75) is 32.7 Å². The molecule has 7 rings (SSSR count). The molecule has 0 spiro atoms. The summed E-state index contributed by atoms with van der Waals surface area (Å²) in [7, 11) is 3.23. The summed E-state index contributed by atoms with van der Waals surface area (Å²) in [5.74, 6) is 0.757. The Labute approximate surface area is 230 Å². The molecular weight excluding hydrogens is 502 g/mol. The van der Waals surface area contributed by atoms with E-state index in [0.717, 1.165) is 49.2 Å². The number of benzene rings is 4. The second-order valence-electron chi connectivity index (χ2n) is 11.5. The monoisotopic (exact) mass is 531 g/mol. The second-order valence-corrected chi connectivity index (χ2v) is 11.5.